The van der Waals surface area contributed by atoms with E-state index in [4.69, 9.17) is 0 Å². The van der Waals surface area contributed by atoms with Crippen LogP contribution in [0.4, 0.5) is 4.39 Å². The van der Waals surface area contributed by atoms with Gasteiger partial charge in [0.25, 0.3) is 0 Å². The van der Waals surface area contributed by atoms with E-state index in [1.807, 2.05) is 0 Å². The Morgan fingerprint density at radius 1 is 1.29 bits per heavy atom. The Hall–Kier alpha value is -3.29. The number of carbonyl (C=O) groups is 1. The molecule has 0 saturated carbocycles. The number of hydrogen-bond donors (Lipinski definition) is 1. The van der Waals surface area contributed by atoms with Crippen molar-refractivity contribution in [3.8, 4) is 11.1 Å². The average molecular weight is 381 g/mol. The maximum Gasteiger partial charge on any atom is 0.347 e. The molecule has 28 heavy (non-hydrogen) atoms. The monoisotopic (exact) mass is 381 g/mol. The van der Waals surface area contributed by atoms with E-state index in [9.17, 15) is 14.0 Å². The van der Waals surface area contributed by atoms with Crippen molar-refractivity contribution in [2.24, 2.45) is 0 Å². The number of carbonyl (C=O) groups excluding carboxylic acids is 1. The Balaban J connectivity index is 1.51. The summed E-state index contributed by atoms with van der Waals surface area (Å²) in [7, 11) is 0. The number of nitrogens with zero attached hydrogens (tertiary/aromatic N) is 4. The highest BCUT2D eigenvalue weighted by Crippen LogP contribution is 2.33. The molecule has 7 nitrogen and oxygen atoms in total. The lowest BCUT2D eigenvalue weighted by Gasteiger charge is -2.33. The zero-order chi connectivity index (χ0) is 19.5. The first-order valence-corrected chi connectivity index (χ1v) is 9.20. The summed E-state index contributed by atoms with van der Waals surface area (Å²) in [6.07, 6.45) is 6.50. The molecule has 1 aromatic carbocycles. The summed E-state index contributed by atoms with van der Waals surface area (Å²) in [5.41, 5.74) is 2.32. The third-order valence-corrected chi connectivity index (χ3v) is 5.09. The average Bonchev–Trinajstić information content (AvgIpc) is 3.20. The number of amides is 1. The number of nitrogens with one attached hydrogen (secondary N) is 1. The first kappa shape index (κ1) is 18.1. The largest absolute Gasteiger partial charge is 0.347 e. The molecule has 144 valence electrons. The van der Waals surface area contributed by atoms with Crippen molar-refractivity contribution >= 4 is 5.91 Å². The second-order valence-corrected chi connectivity index (χ2v) is 6.91. The van der Waals surface area contributed by atoms with Crippen LogP contribution < -0.4 is 5.69 Å². The number of aromatic amines is 1. The van der Waals surface area contributed by atoms with E-state index in [1.54, 1.807) is 35.5 Å². The van der Waals surface area contributed by atoms with E-state index in [0.29, 0.717) is 13.1 Å². The molecule has 0 bridgehead atoms. The van der Waals surface area contributed by atoms with Crippen molar-refractivity contribution in [1.29, 1.82) is 0 Å². The fraction of sp³-hybridized carbons (Fsp3) is 0.300. The Bertz CT molecular complexity index is 1030. The van der Waals surface area contributed by atoms with E-state index < -0.39 is 5.69 Å². The molecule has 1 saturated heterocycles. The molecule has 0 aliphatic carbocycles. The van der Waals surface area contributed by atoms with Gasteiger partial charge in [0, 0.05) is 42.7 Å². The van der Waals surface area contributed by atoms with Crippen LogP contribution in [-0.2, 0) is 11.3 Å². The first-order valence-electron chi connectivity index (χ1n) is 9.20. The number of halogens is 1. The third kappa shape index (κ3) is 3.71. The van der Waals surface area contributed by atoms with Crippen LogP contribution in [0.25, 0.3) is 11.1 Å². The van der Waals surface area contributed by atoms with Gasteiger partial charge in [0.2, 0.25) is 5.91 Å². The maximum atomic E-state index is 13.2. The predicted molar refractivity (Wildman–Crippen MR) is 101 cm³/mol. The fourth-order valence-electron chi connectivity index (χ4n) is 3.66. The van der Waals surface area contributed by atoms with Gasteiger partial charge in [0.1, 0.15) is 12.4 Å². The number of piperidine rings is 1. The molecule has 0 radical (unpaired) electrons. The van der Waals surface area contributed by atoms with Crippen molar-refractivity contribution in [2.75, 3.05) is 13.1 Å². The van der Waals surface area contributed by atoms with Crippen LogP contribution in [0.1, 0.15) is 24.5 Å². The first-order chi connectivity index (χ1) is 13.6. The topological polar surface area (TPSA) is 83.9 Å². The Morgan fingerprint density at radius 3 is 2.89 bits per heavy atom. The van der Waals surface area contributed by atoms with Gasteiger partial charge < -0.3 is 4.90 Å². The molecule has 1 atom stereocenters. The van der Waals surface area contributed by atoms with Gasteiger partial charge in [-0.25, -0.2) is 14.2 Å². The minimum atomic E-state index is -0.434. The molecular weight excluding hydrogens is 361 g/mol. The molecule has 4 rings (SSSR count). The molecule has 1 amide bonds. The zero-order valence-electron chi connectivity index (χ0n) is 15.2. The second kappa shape index (κ2) is 7.75. The fourth-order valence-corrected chi connectivity index (χ4v) is 3.66. The van der Waals surface area contributed by atoms with E-state index >= 15 is 0 Å². The van der Waals surface area contributed by atoms with Gasteiger partial charge in [0.15, 0.2) is 0 Å². The van der Waals surface area contributed by atoms with Gasteiger partial charge in [-0.2, -0.15) is 5.10 Å². The summed E-state index contributed by atoms with van der Waals surface area (Å²) in [6, 6.07) is 7.94. The molecule has 1 aliphatic heterocycles. The molecule has 1 fully saturated rings. The molecule has 1 unspecified atom stereocenters. The highest BCUT2D eigenvalue weighted by atomic mass is 19.1. The van der Waals surface area contributed by atoms with Gasteiger partial charge in [-0.05, 0) is 36.6 Å². The molecule has 0 spiro atoms. The molecule has 3 heterocycles. The molecule has 1 aliphatic rings. The number of H-pyrrole nitrogens is 1. The molecule has 1 N–H and O–H groups in total. The summed E-state index contributed by atoms with van der Waals surface area (Å²) in [4.78, 5) is 29.9. The van der Waals surface area contributed by atoms with Crippen LogP contribution >= 0.6 is 0 Å². The van der Waals surface area contributed by atoms with Crippen molar-refractivity contribution in [2.45, 2.75) is 25.3 Å². The second-order valence-electron chi connectivity index (χ2n) is 6.91. The van der Waals surface area contributed by atoms with Crippen molar-refractivity contribution in [1.82, 2.24) is 24.6 Å². The zero-order valence-corrected chi connectivity index (χ0v) is 15.2. The van der Waals surface area contributed by atoms with Crippen LogP contribution in [0.3, 0.4) is 0 Å². The SMILES string of the molecule is O=C(Cn1cccnc1=O)N1CCCC(c2[nH]ncc2-c2ccc(F)cc2)C1. The summed E-state index contributed by atoms with van der Waals surface area (Å²) >= 11 is 0. The summed E-state index contributed by atoms with van der Waals surface area (Å²) in [5, 5.41) is 7.23. The number of likely N-dealkylation sites (tertiary alicyclic amines) is 1. The molecule has 8 heteroatoms. The van der Waals surface area contributed by atoms with Crippen LogP contribution in [0, 0.1) is 5.82 Å². The van der Waals surface area contributed by atoms with Crippen LogP contribution in [0.2, 0.25) is 0 Å². The number of hydrogen-bond acceptors (Lipinski definition) is 4. The molecule has 3 aromatic rings. The van der Waals surface area contributed by atoms with Crippen molar-refractivity contribution < 1.29 is 9.18 Å². The number of benzene rings is 1. The highest BCUT2D eigenvalue weighted by Gasteiger charge is 2.27. The minimum absolute atomic E-state index is 0.0206. The van der Waals surface area contributed by atoms with Crippen LogP contribution in [0.15, 0.2) is 53.7 Å². The van der Waals surface area contributed by atoms with Crippen molar-refractivity contribution in [3.05, 3.63) is 70.9 Å². The van der Waals surface area contributed by atoms with Gasteiger partial charge in [-0.15, -0.1) is 0 Å². The van der Waals surface area contributed by atoms with Crippen LogP contribution in [-0.4, -0.2) is 43.6 Å². The quantitative estimate of drug-likeness (QED) is 0.751. The highest BCUT2D eigenvalue weighted by molar-refractivity contribution is 5.76. The summed E-state index contributed by atoms with van der Waals surface area (Å²) in [6.45, 7) is 1.18. The maximum absolute atomic E-state index is 13.2. The minimum Gasteiger partial charge on any atom is -0.340 e. The van der Waals surface area contributed by atoms with Gasteiger partial charge in [-0.1, -0.05) is 12.1 Å². The van der Waals surface area contributed by atoms with Crippen LogP contribution in [0.5, 0.6) is 0 Å². The van der Waals surface area contributed by atoms with Gasteiger partial charge >= 0.3 is 5.69 Å². The lowest BCUT2D eigenvalue weighted by molar-refractivity contribution is -0.133. The number of aromatic nitrogens is 4. The van der Waals surface area contributed by atoms with Gasteiger partial charge in [0.05, 0.1) is 6.20 Å². The summed E-state index contributed by atoms with van der Waals surface area (Å²) < 4.78 is 14.5. The third-order valence-electron chi connectivity index (χ3n) is 5.09. The lowest BCUT2D eigenvalue weighted by atomic mass is 9.90. The Kier molecular flexibility index (Phi) is 5.01. The standard InChI is InChI=1S/C20H20FN5O2/c21-16-6-4-14(5-7-16)17-11-23-24-19(17)15-3-1-9-25(12-15)18(27)13-26-10-2-8-22-20(26)28/h2,4-8,10-11,15H,1,3,9,12-13H2,(H,23,24). The Labute approximate surface area is 160 Å². The normalized spacial score (nSPS) is 16.9. The van der Waals surface area contributed by atoms with E-state index in [1.165, 1.54) is 22.9 Å². The lowest BCUT2D eigenvalue weighted by Crippen LogP contribution is -2.42. The smallest absolute Gasteiger partial charge is 0.340 e. The molecule has 2 aromatic heterocycles. The predicted octanol–water partition coefficient (Wildman–Crippen LogP) is 2.18. The molecular formula is C20H20FN5O2. The van der Waals surface area contributed by atoms with E-state index in [0.717, 1.165) is 29.7 Å². The van der Waals surface area contributed by atoms with Gasteiger partial charge in [-0.3, -0.25) is 14.5 Å². The number of rotatable bonds is 4. The van der Waals surface area contributed by atoms with Crippen molar-refractivity contribution in [3.63, 3.8) is 0 Å². The van der Waals surface area contributed by atoms with E-state index in [2.05, 4.69) is 15.2 Å². The Morgan fingerprint density at radius 2 is 2.11 bits per heavy atom. The van der Waals surface area contributed by atoms with E-state index in [-0.39, 0.29) is 24.2 Å². The summed E-state index contributed by atoms with van der Waals surface area (Å²) in [5.74, 6) is -0.289.